The van der Waals surface area contributed by atoms with Gasteiger partial charge in [0, 0.05) is 17.6 Å². The maximum atomic E-state index is 13.0. The quantitative estimate of drug-likeness (QED) is 0.857. The predicted molar refractivity (Wildman–Crippen MR) is 67.7 cm³/mol. The lowest BCUT2D eigenvalue weighted by Crippen LogP contribution is -2.43. The fourth-order valence-corrected chi connectivity index (χ4v) is 1.45. The van der Waals surface area contributed by atoms with Crippen molar-refractivity contribution >= 4 is 5.91 Å². The molecule has 0 spiro atoms. The maximum Gasteiger partial charge on any atom is 0.258 e. The van der Waals surface area contributed by atoms with Crippen LogP contribution in [-0.4, -0.2) is 18.1 Å². The van der Waals surface area contributed by atoms with Gasteiger partial charge in [0.2, 0.25) is 0 Å². The van der Waals surface area contributed by atoms with E-state index in [9.17, 15) is 9.18 Å². The van der Waals surface area contributed by atoms with Crippen LogP contribution in [0.5, 0.6) is 5.75 Å². The first kappa shape index (κ1) is 14.4. The number of hydrogen-bond acceptors (Lipinski definition) is 3. The van der Waals surface area contributed by atoms with E-state index in [-0.39, 0.29) is 30.4 Å². The van der Waals surface area contributed by atoms with Gasteiger partial charge < -0.3 is 15.8 Å². The van der Waals surface area contributed by atoms with E-state index < -0.39 is 0 Å². The monoisotopic (exact) mass is 254 g/mol. The van der Waals surface area contributed by atoms with E-state index in [4.69, 9.17) is 10.5 Å². The van der Waals surface area contributed by atoms with E-state index in [1.165, 1.54) is 18.2 Å². The normalized spacial score (nSPS) is 11.2. The Hall–Kier alpha value is -1.62. The topological polar surface area (TPSA) is 64.3 Å². The van der Waals surface area contributed by atoms with Crippen LogP contribution in [0.4, 0.5) is 4.39 Å². The zero-order valence-corrected chi connectivity index (χ0v) is 10.9. The maximum absolute atomic E-state index is 13.0. The lowest BCUT2D eigenvalue weighted by Gasteiger charge is -2.20. The number of halogens is 1. The smallest absolute Gasteiger partial charge is 0.258 e. The van der Waals surface area contributed by atoms with Gasteiger partial charge in [-0.2, -0.15) is 0 Å². The van der Waals surface area contributed by atoms with Crippen molar-refractivity contribution in [2.75, 3.05) is 6.61 Å². The third-order valence-electron chi connectivity index (χ3n) is 2.12. The zero-order valence-electron chi connectivity index (χ0n) is 10.9. The summed E-state index contributed by atoms with van der Waals surface area (Å²) in [5, 5.41) is 2.77. The molecular weight excluding hydrogens is 235 g/mol. The molecule has 1 rings (SSSR count). The highest BCUT2D eigenvalue weighted by Gasteiger charge is 2.14. The number of benzene rings is 1. The van der Waals surface area contributed by atoms with Gasteiger partial charge >= 0.3 is 0 Å². The highest BCUT2D eigenvalue weighted by atomic mass is 19.1. The van der Waals surface area contributed by atoms with Crippen molar-refractivity contribution in [3.8, 4) is 5.75 Å². The third kappa shape index (κ3) is 4.71. The van der Waals surface area contributed by atoms with Crippen LogP contribution in [0.15, 0.2) is 18.2 Å². The van der Waals surface area contributed by atoms with Crippen molar-refractivity contribution in [3.05, 3.63) is 29.6 Å². The number of rotatable bonds is 4. The molecule has 0 saturated carbocycles. The summed E-state index contributed by atoms with van der Waals surface area (Å²) in [7, 11) is 0. The highest BCUT2D eigenvalue weighted by Crippen LogP contribution is 2.19. The van der Waals surface area contributed by atoms with E-state index in [0.717, 1.165) is 0 Å². The Kier molecular flexibility index (Phi) is 4.67. The molecule has 0 heterocycles. The molecule has 1 aromatic rings. The van der Waals surface area contributed by atoms with Gasteiger partial charge in [-0.1, -0.05) is 0 Å². The first-order valence-corrected chi connectivity index (χ1v) is 5.74. The molecule has 1 aromatic carbocycles. The summed E-state index contributed by atoms with van der Waals surface area (Å²) < 4.78 is 18.3. The van der Waals surface area contributed by atoms with E-state index in [1.807, 2.05) is 20.8 Å². The molecule has 0 radical (unpaired) electrons. The summed E-state index contributed by atoms with van der Waals surface area (Å²) in [6, 6.07) is 4.05. The Balaban J connectivity index is 2.61. The van der Waals surface area contributed by atoms with Gasteiger partial charge in [0.15, 0.2) is 6.61 Å². The minimum atomic E-state index is -0.373. The van der Waals surface area contributed by atoms with Gasteiger partial charge in [-0.3, -0.25) is 4.79 Å². The summed E-state index contributed by atoms with van der Waals surface area (Å²) in [5.41, 5.74) is 5.72. The largest absolute Gasteiger partial charge is 0.483 e. The summed E-state index contributed by atoms with van der Waals surface area (Å²) in [6.45, 7) is 5.69. The highest BCUT2D eigenvalue weighted by molar-refractivity contribution is 5.78. The molecule has 3 N–H and O–H groups in total. The fraction of sp³-hybridized carbons (Fsp3) is 0.462. The molecule has 18 heavy (non-hydrogen) atoms. The summed E-state index contributed by atoms with van der Waals surface area (Å²) in [5.74, 6) is -0.167. The molecule has 4 nitrogen and oxygen atoms in total. The van der Waals surface area contributed by atoms with Gasteiger partial charge in [0.25, 0.3) is 5.91 Å². The molecule has 0 aliphatic carbocycles. The third-order valence-corrected chi connectivity index (χ3v) is 2.12. The molecule has 5 heteroatoms. The second-order valence-electron chi connectivity index (χ2n) is 5.04. The molecule has 100 valence electrons. The molecule has 0 aliphatic heterocycles. The number of hydrogen-bond donors (Lipinski definition) is 2. The number of ether oxygens (including phenoxy) is 1. The van der Waals surface area contributed by atoms with Crippen LogP contribution < -0.4 is 15.8 Å². The van der Waals surface area contributed by atoms with Crippen LogP contribution in [0.25, 0.3) is 0 Å². The summed E-state index contributed by atoms with van der Waals surface area (Å²) >= 11 is 0. The second-order valence-corrected chi connectivity index (χ2v) is 5.04. The molecular formula is C13H19FN2O2. The van der Waals surface area contributed by atoms with Gasteiger partial charge in [-0.15, -0.1) is 0 Å². The molecule has 0 bridgehead atoms. The Morgan fingerprint density at radius 3 is 2.67 bits per heavy atom. The first-order chi connectivity index (χ1) is 8.31. The summed E-state index contributed by atoms with van der Waals surface area (Å²) in [4.78, 5) is 11.6. The van der Waals surface area contributed by atoms with Crippen LogP contribution in [0.1, 0.15) is 26.3 Å². The molecule has 0 aliphatic rings. The molecule has 0 atom stereocenters. The van der Waals surface area contributed by atoms with Crippen molar-refractivity contribution in [3.63, 3.8) is 0 Å². The van der Waals surface area contributed by atoms with Gasteiger partial charge in [-0.05, 0) is 39.0 Å². The van der Waals surface area contributed by atoms with Crippen LogP contribution in [0.3, 0.4) is 0 Å². The SMILES string of the molecule is CC(C)(C)NC(=O)COc1ccc(F)cc1CN. The van der Waals surface area contributed by atoms with Crippen LogP contribution in [0.2, 0.25) is 0 Å². The fourth-order valence-electron chi connectivity index (χ4n) is 1.45. The molecule has 0 unspecified atom stereocenters. The second kappa shape index (κ2) is 5.82. The van der Waals surface area contributed by atoms with E-state index in [2.05, 4.69) is 5.32 Å². The lowest BCUT2D eigenvalue weighted by atomic mass is 10.1. The van der Waals surface area contributed by atoms with Crippen LogP contribution >= 0.6 is 0 Å². The standard InChI is InChI=1S/C13H19FN2O2/c1-13(2,3)16-12(17)8-18-11-5-4-10(14)6-9(11)7-15/h4-6H,7-8,15H2,1-3H3,(H,16,17). The zero-order chi connectivity index (χ0) is 13.8. The van der Waals surface area contributed by atoms with Crippen molar-refractivity contribution in [1.82, 2.24) is 5.32 Å². The van der Waals surface area contributed by atoms with Crippen molar-refractivity contribution in [2.24, 2.45) is 5.73 Å². The van der Waals surface area contributed by atoms with Crippen molar-refractivity contribution < 1.29 is 13.9 Å². The summed E-state index contributed by atoms with van der Waals surface area (Å²) in [6.07, 6.45) is 0. The lowest BCUT2D eigenvalue weighted by molar-refractivity contribution is -0.124. The molecule has 0 fully saturated rings. The Labute approximate surface area is 106 Å². The van der Waals surface area contributed by atoms with Gasteiger partial charge in [-0.25, -0.2) is 4.39 Å². The van der Waals surface area contributed by atoms with E-state index in [0.29, 0.717) is 11.3 Å². The average Bonchev–Trinajstić information content (AvgIpc) is 2.24. The minimum Gasteiger partial charge on any atom is -0.483 e. The average molecular weight is 254 g/mol. The number of amides is 1. The van der Waals surface area contributed by atoms with Crippen molar-refractivity contribution in [1.29, 1.82) is 0 Å². The number of carbonyl (C=O) groups excluding carboxylic acids is 1. The van der Waals surface area contributed by atoms with Crippen LogP contribution in [0, 0.1) is 5.82 Å². The minimum absolute atomic E-state index is 0.115. The molecule has 0 aromatic heterocycles. The van der Waals surface area contributed by atoms with E-state index in [1.54, 1.807) is 0 Å². The van der Waals surface area contributed by atoms with Gasteiger partial charge in [0.05, 0.1) is 0 Å². The number of carbonyl (C=O) groups is 1. The molecule has 1 amide bonds. The number of nitrogens with one attached hydrogen (secondary N) is 1. The Bertz CT molecular complexity index is 427. The first-order valence-electron chi connectivity index (χ1n) is 5.74. The predicted octanol–water partition coefficient (Wildman–Crippen LogP) is 1.58. The Morgan fingerprint density at radius 2 is 2.11 bits per heavy atom. The van der Waals surface area contributed by atoms with Crippen LogP contribution in [-0.2, 0) is 11.3 Å². The van der Waals surface area contributed by atoms with Gasteiger partial charge in [0.1, 0.15) is 11.6 Å². The molecule has 0 saturated heterocycles. The number of nitrogens with two attached hydrogens (primary N) is 1. The van der Waals surface area contributed by atoms with E-state index >= 15 is 0 Å². The van der Waals surface area contributed by atoms with Crippen molar-refractivity contribution in [2.45, 2.75) is 32.9 Å². The Morgan fingerprint density at radius 1 is 1.44 bits per heavy atom.